The third-order valence-corrected chi connectivity index (χ3v) is 9.30. The van der Waals surface area contributed by atoms with Crippen LogP contribution < -0.4 is 0 Å². The van der Waals surface area contributed by atoms with Gasteiger partial charge in [0.05, 0.1) is 0 Å². The number of carbonyl (C=O) groups is 1. The number of Topliss-reactive ketones (excluding diaryl/α,β-unsaturated/α-hetero) is 1. The SMILES string of the molecule is C=C/C=C\C(=C(/C)P1C(C)(C)CC(=O)CC1(C)C)c1ccc2ccccc2c1. The van der Waals surface area contributed by atoms with E-state index in [4.69, 9.17) is 0 Å². The molecule has 0 aliphatic carbocycles. The highest BCUT2D eigenvalue weighted by Crippen LogP contribution is 2.70. The van der Waals surface area contributed by atoms with E-state index < -0.39 is 7.92 Å². The van der Waals surface area contributed by atoms with Crippen LogP contribution >= 0.6 is 7.92 Å². The fourth-order valence-corrected chi connectivity index (χ4v) is 9.55. The van der Waals surface area contributed by atoms with Crippen molar-refractivity contribution < 1.29 is 4.79 Å². The van der Waals surface area contributed by atoms with Gasteiger partial charge in [0, 0.05) is 12.8 Å². The number of hydrogen-bond acceptors (Lipinski definition) is 1. The first-order valence-electron chi connectivity index (χ1n) is 9.97. The molecule has 3 rings (SSSR count). The Hall–Kier alpha value is -1.98. The van der Waals surface area contributed by atoms with Crippen LogP contribution in [0, 0.1) is 0 Å². The topological polar surface area (TPSA) is 17.1 Å². The minimum atomic E-state index is -0.496. The molecule has 2 aromatic rings. The Morgan fingerprint density at radius 1 is 1.00 bits per heavy atom. The molecule has 1 fully saturated rings. The van der Waals surface area contributed by atoms with Crippen molar-refractivity contribution in [3.05, 3.63) is 78.1 Å². The number of rotatable bonds is 4. The monoisotopic (exact) mass is 390 g/mol. The first-order valence-corrected chi connectivity index (χ1v) is 11.3. The Morgan fingerprint density at radius 2 is 1.61 bits per heavy atom. The van der Waals surface area contributed by atoms with Gasteiger partial charge in [0.1, 0.15) is 5.78 Å². The molecule has 0 spiro atoms. The highest BCUT2D eigenvalue weighted by atomic mass is 31.1. The highest BCUT2D eigenvalue weighted by Gasteiger charge is 2.47. The van der Waals surface area contributed by atoms with Crippen molar-refractivity contribution in [2.75, 3.05) is 0 Å². The summed E-state index contributed by atoms with van der Waals surface area (Å²) in [5, 5.41) is 3.93. The summed E-state index contributed by atoms with van der Waals surface area (Å²) in [6.07, 6.45) is 7.41. The van der Waals surface area contributed by atoms with Crippen LogP contribution in [-0.4, -0.2) is 16.1 Å². The Bertz CT molecular complexity index is 955. The van der Waals surface area contributed by atoms with Gasteiger partial charge in [-0.15, -0.1) is 0 Å². The molecular weight excluding hydrogens is 359 g/mol. The van der Waals surface area contributed by atoms with E-state index in [9.17, 15) is 4.79 Å². The summed E-state index contributed by atoms with van der Waals surface area (Å²) in [7, 11) is -0.496. The maximum atomic E-state index is 12.4. The van der Waals surface area contributed by atoms with Crippen LogP contribution in [0.3, 0.4) is 0 Å². The van der Waals surface area contributed by atoms with E-state index >= 15 is 0 Å². The van der Waals surface area contributed by atoms with Crippen molar-refractivity contribution in [1.29, 1.82) is 0 Å². The van der Waals surface area contributed by atoms with Crippen LogP contribution in [0.2, 0.25) is 0 Å². The van der Waals surface area contributed by atoms with E-state index in [0.29, 0.717) is 18.6 Å². The van der Waals surface area contributed by atoms with Gasteiger partial charge in [0.25, 0.3) is 0 Å². The van der Waals surface area contributed by atoms with Crippen LogP contribution in [-0.2, 0) is 4.79 Å². The van der Waals surface area contributed by atoms with E-state index in [0.717, 1.165) is 0 Å². The van der Waals surface area contributed by atoms with Gasteiger partial charge in [-0.1, -0.05) is 96.8 Å². The maximum absolute atomic E-state index is 12.4. The van der Waals surface area contributed by atoms with Gasteiger partial charge >= 0.3 is 0 Å². The molecule has 2 aromatic carbocycles. The molecular formula is C26H31OP. The van der Waals surface area contributed by atoms with Gasteiger partial charge < -0.3 is 0 Å². The number of benzene rings is 2. The van der Waals surface area contributed by atoms with Crippen molar-refractivity contribution in [2.45, 2.75) is 57.8 Å². The lowest BCUT2D eigenvalue weighted by molar-refractivity contribution is -0.120. The lowest BCUT2D eigenvalue weighted by Gasteiger charge is -2.50. The normalized spacial score (nSPS) is 20.4. The molecule has 0 aromatic heterocycles. The summed E-state index contributed by atoms with van der Waals surface area (Å²) in [5.41, 5.74) is 2.51. The number of allylic oxidation sites excluding steroid dienone is 5. The van der Waals surface area contributed by atoms with Crippen molar-refractivity contribution in [1.82, 2.24) is 0 Å². The predicted octanol–water partition coefficient (Wildman–Crippen LogP) is 7.72. The summed E-state index contributed by atoms with van der Waals surface area (Å²) >= 11 is 0. The molecule has 1 saturated heterocycles. The van der Waals surface area contributed by atoms with Gasteiger partial charge in [0.15, 0.2) is 0 Å². The number of fused-ring (bicyclic) bond motifs is 1. The molecule has 0 amide bonds. The van der Waals surface area contributed by atoms with E-state index in [1.54, 1.807) is 0 Å². The fraction of sp³-hybridized carbons (Fsp3) is 0.346. The van der Waals surface area contributed by atoms with Gasteiger partial charge in [-0.05, 0) is 50.5 Å². The number of hydrogen-bond donors (Lipinski definition) is 0. The smallest absolute Gasteiger partial charge is 0.134 e. The van der Waals surface area contributed by atoms with Gasteiger partial charge in [-0.25, -0.2) is 0 Å². The van der Waals surface area contributed by atoms with Crippen molar-refractivity contribution in [3.63, 3.8) is 0 Å². The zero-order chi connectivity index (χ0) is 20.5. The lowest BCUT2D eigenvalue weighted by Crippen LogP contribution is -2.40. The standard InChI is InChI=1S/C26H31OP/c1-7-8-13-24(22-15-14-20-11-9-10-12-21(20)16-22)19(2)28-25(3,4)17-23(27)18-26(28,5)6/h7-16H,1,17-18H2,2-6H3/b13-8-,24-19-. The van der Waals surface area contributed by atoms with E-state index in [-0.39, 0.29) is 10.3 Å². The summed E-state index contributed by atoms with van der Waals surface area (Å²) in [6.45, 7) is 15.2. The second-order valence-corrected chi connectivity index (χ2v) is 12.8. The molecule has 1 aliphatic rings. The summed E-state index contributed by atoms with van der Waals surface area (Å²) < 4.78 is 0. The van der Waals surface area contributed by atoms with Crippen molar-refractivity contribution in [2.24, 2.45) is 0 Å². The molecule has 28 heavy (non-hydrogen) atoms. The zero-order valence-corrected chi connectivity index (χ0v) is 18.6. The predicted molar refractivity (Wildman–Crippen MR) is 125 cm³/mol. The van der Waals surface area contributed by atoms with E-state index in [1.807, 2.05) is 12.2 Å². The second kappa shape index (κ2) is 7.80. The molecule has 0 atom stereocenters. The third-order valence-electron chi connectivity index (χ3n) is 5.65. The minimum absolute atomic E-state index is 0.00235. The molecule has 1 nitrogen and oxygen atoms in total. The van der Waals surface area contributed by atoms with Gasteiger partial charge in [0.2, 0.25) is 0 Å². The van der Waals surface area contributed by atoms with Crippen molar-refractivity contribution in [3.8, 4) is 0 Å². The second-order valence-electron chi connectivity index (χ2n) is 9.01. The van der Waals surface area contributed by atoms with Crippen LogP contribution in [0.5, 0.6) is 0 Å². The van der Waals surface area contributed by atoms with E-state index in [2.05, 4.69) is 89.7 Å². The molecule has 0 N–H and O–H groups in total. The molecule has 0 bridgehead atoms. The molecule has 146 valence electrons. The van der Waals surface area contributed by atoms with Crippen LogP contribution in [0.25, 0.3) is 16.3 Å². The van der Waals surface area contributed by atoms with Gasteiger partial charge in [-0.3, -0.25) is 4.79 Å². The van der Waals surface area contributed by atoms with Crippen molar-refractivity contribution >= 4 is 30.1 Å². The largest absolute Gasteiger partial charge is 0.300 e. The Kier molecular flexibility index (Phi) is 5.78. The molecule has 2 heteroatoms. The first kappa shape index (κ1) is 20.7. The molecule has 1 heterocycles. The Labute approximate surface area is 171 Å². The van der Waals surface area contributed by atoms with E-state index in [1.165, 1.54) is 27.2 Å². The summed E-state index contributed by atoms with van der Waals surface area (Å²) in [4.78, 5) is 12.4. The fourth-order valence-electron chi connectivity index (χ4n) is 4.98. The van der Waals surface area contributed by atoms with Crippen LogP contribution in [0.4, 0.5) is 0 Å². The van der Waals surface area contributed by atoms with Crippen LogP contribution in [0.1, 0.15) is 53.0 Å². The maximum Gasteiger partial charge on any atom is 0.134 e. The first-order chi connectivity index (χ1) is 13.2. The summed E-state index contributed by atoms with van der Waals surface area (Å²) in [5.74, 6) is 0.399. The Morgan fingerprint density at radius 3 is 2.21 bits per heavy atom. The average molecular weight is 391 g/mol. The minimum Gasteiger partial charge on any atom is -0.300 e. The lowest BCUT2D eigenvalue weighted by atomic mass is 9.96. The molecule has 0 unspecified atom stereocenters. The average Bonchev–Trinajstić information content (AvgIpc) is 2.59. The number of ketones is 1. The Balaban J connectivity index is 2.20. The zero-order valence-electron chi connectivity index (χ0n) is 17.8. The van der Waals surface area contributed by atoms with Crippen LogP contribution in [0.15, 0.2) is 72.6 Å². The summed E-state index contributed by atoms with van der Waals surface area (Å²) in [6, 6.07) is 15.2. The highest BCUT2D eigenvalue weighted by molar-refractivity contribution is 7.65. The quantitative estimate of drug-likeness (QED) is 0.386. The van der Waals surface area contributed by atoms with Gasteiger partial charge in [-0.2, -0.15) is 0 Å². The molecule has 0 saturated carbocycles. The molecule has 0 radical (unpaired) electrons. The molecule has 1 aliphatic heterocycles. The third kappa shape index (κ3) is 4.06. The number of carbonyl (C=O) groups excluding carboxylic acids is 1.